The lowest BCUT2D eigenvalue weighted by Gasteiger charge is -2.42. The third-order valence-electron chi connectivity index (χ3n) is 3.47. The molecular weight excluding hydrogens is 292 g/mol. The molecule has 3 fully saturated rings. The first-order chi connectivity index (χ1) is 7.84. The molecule has 1 N–H and O–H groups in total. The second-order valence-electron chi connectivity index (χ2n) is 5.08. The van der Waals surface area contributed by atoms with Crippen LogP contribution in [-0.2, 0) is 18.9 Å². The molecule has 3 saturated heterocycles. The maximum Gasteiger partial charge on any atom is 0.187 e. The van der Waals surface area contributed by atoms with E-state index in [1.807, 2.05) is 0 Å². The van der Waals surface area contributed by atoms with E-state index >= 15 is 0 Å². The summed E-state index contributed by atoms with van der Waals surface area (Å²) < 4.78 is 23.0. The van der Waals surface area contributed by atoms with Crippen LogP contribution in [0.25, 0.3) is 0 Å². The predicted octanol–water partition coefficient (Wildman–Crippen LogP) is 0.901. The van der Waals surface area contributed by atoms with Gasteiger partial charge in [-0.3, -0.25) is 0 Å². The highest BCUT2D eigenvalue weighted by Crippen LogP contribution is 2.48. The molecule has 0 unspecified atom stereocenters. The number of ether oxygens (including phenoxy) is 4. The summed E-state index contributed by atoms with van der Waals surface area (Å²) in [4.78, 5) is 0. The Morgan fingerprint density at radius 1 is 1.41 bits per heavy atom. The number of fused-ring (bicyclic) bond motifs is 4. The highest BCUT2D eigenvalue weighted by molar-refractivity contribution is 9.11. The van der Waals surface area contributed by atoms with Crippen molar-refractivity contribution in [1.29, 1.82) is 0 Å². The Morgan fingerprint density at radius 3 is 2.76 bits per heavy atom. The highest BCUT2D eigenvalue weighted by atomic mass is 79.9. The minimum Gasteiger partial charge on any atom is -0.379 e. The quantitative estimate of drug-likeness (QED) is 0.780. The largest absolute Gasteiger partial charge is 0.379 e. The molecule has 2 bridgehead atoms. The number of aliphatic hydroxyl groups is 1. The minimum atomic E-state index is -1.33. The van der Waals surface area contributed by atoms with Crippen LogP contribution in [0, 0.1) is 0 Å². The maximum atomic E-state index is 10.8. The molecule has 0 aromatic heterocycles. The fourth-order valence-corrected chi connectivity index (χ4v) is 3.15. The van der Waals surface area contributed by atoms with Crippen LogP contribution in [0.2, 0.25) is 0 Å². The van der Waals surface area contributed by atoms with Gasteiger partial charge in [-0.05, 0) is 13.8 Å². The Hall–Kier alpha value is 0.0200. The van der Waals surface area contributed by atoms with Crippen molar-refractivity contribution >= 4 is 15.9 Å². The molecule has 3 rings (SSSR count). The minimum absolute atomic E-state index is 0.311. The highest BCUT2D eigenvalue weighted by Gasteiger charge is 2.66. The van der Waals surface area contributed by atoms with Crippen LogP contribution in [0.1, 0.15) is 13.8 Å². The smallest absolute Gasteiger partial charge is 0.187 e. The van der Waals surface area contributed by atoms with Gasteiger partial charge in [-0.15, -0.1) is 0 Å². The molecule has 0 spiro atoms. The molecule has 0 radical (unpaired) electrons. The van der Waals surface area contributed by atoms with Gasteiger partial charge in [-0.25, -0.2) is 0 Å². The Balaban J connectivity index is 2.01. The van der Waals surface area contributed by atoms with Crippen molar-refractivity contribution < 1.29 is 24.1 Å². The molecule has 3 aliphatic heterocycles. The number of halogens is 1. The van der Waals surface area contributed by atoms with Crippen molar-refractivity contribution in [3.05, 3.63) is 11.1 Å². The number of rotatable bonds is 1. The van der Waals surface area contributed by atoms with Crippen LogP contribution < -0.4 is 0 Å². The number of hydrogen-bond donors (Lipinski definition) is 1. The van der Waals surface area contributed by atoms with Crippen molar-refractivity contribution in [3.8, 4) is 0 Å². The van der Waals surface area contributed by atoms with Gasteiger partial charge >= 0.3 is 0 Å². The SMILES string of the molecule is C=C(Br)[C@@]1(O)[C@@H]2OC(C)(C)O[C@@H]2[C@@H]2OC[C@H]1O2. The summed E-state index contributed by atoms with van der Waals surface area (Å²) in [6.07, 6.45) is -1.92. The molecule has 6 heteroatoms. The topological polar surface area (TPSA) is 57.2 Å². The van der Waals surface area contributed by atoms with Crippen LogP contribution >= 0.6 is 15.9 Å². The molecule has 0 amide bonds. The number of hydrogen-bond acceptors (Lipinski definition) is 5. The molecule has 5 atom stereocenters. The van der Waals surface area contributed by atoms with E-state index in [0.29, 0.717) is 11.1 Å². The fraction of sp³-hybridized carbons (Fsp3) is 0.818. The predicted molar refractivity (Wildman–Crippen MR) is 61.5 cm³/mol. The van der Waals surface area contributed by atoms with E-state index in [-0.39, 0.29) is 0 Å². The molecule has 0 aromatic carbocycles. The molecule has 17 heavy (non-hydrogen) atoms. The summed E-state index contributed by atoms with van der Waals surface area (Å²) in [5.74, 6) is -0.761. The Kier molecular flexibility index (Phi) is 2.50. The average molecular weight is 307 g/mol. The second-order valence-corrected chi connectivity index (χ2v) is 6.03. The molecule has 0 aliphatic carbocycles. The van der Waals surface area contributed by atoms with Gasteiger partial charge in [-0.2, -0.15) is 0 Å². The zero-order chi connectivity index (χ0) is 12.4. The molecular formula is C11H15BrO5. The summed E-state index contributed by atoms with van der Waals surface area (Å²) in [5.41, 5.74) is -1.33. The normalized spacial score (nSPS) is 51.3. The summed E-state index contributed by atoms with van der Waals surface area (Å²) >= 11 is 3.25. The van der Waals surface area contributed by atoms with Crippen molar-refractivity contribution in [1.82, 2.24) is 0 Å². The second kappa shape index (κ2) is 3.53. The van der Waals surface area contributed by atoms with Crippen LogP contribution in [0.4, 0.5) is 0 Å². The van der Waals surface area contributed by atoms with E-state index in [2.05, 4.69) is 22.5 Å². The van der Waals surface area contributed by atoms with Gasteiger partial charge in [0.1, 0.15) is 18.3 Å². The first-order valence-corrected chi connectivity index (χ1v) is 6.34. The van der Waals surface area contributed by atoms with E-state index < -0.39 is 36.0 Å². The van der Waals surface area contributed by atoms with Gasteiger partial charge in [0.25, 0.3) is 0 Å². The van der Waals surface area contributed by atoms with Crippen LogP contribution in [0.5, 0.6) is 0 Å². The lowest BCUT2D eigenvalue weighted by Crippen LogP contribution is -2.62. The zero-order valence-corrected chi connectivity index (χ0v) is 11.3. The van der Waals surface area contributed by atoms with Crippen LogP contribution in [0.3, 0.4) is 0 Å². The third-order valence-corrected chi connectivity index (χ3v) is 4.10. The molecule has 3 heterocycles. The summed E-state index contributed by atoms with van der Waals surface area (Å²) in [7, 11) is 0. The van der Waals surface area contributed by atoms with Gasteiger partial charge in [0.15, 0.2) is 17.7 Å². The van der Waals surface area contributed by atoms with Gasteiger partial charge < -0.3 is 24.1 Å². The van der Waals surface area contributed by atoms with Crippen molar-refractivity contribution in [2.75, 3.05) is 6.61 Å². The van der Waals surface area contributed by atoms with E-state index in [1.54, 1.807) is 13.8 Å². The van der Waals surface area contributed by atoms with Gasteiger partial charge in [0.2, 0.25) is 0 Å². The maximum absolute atomic E-state index is 10.8. The Morgan fingerprint density at radius 2 is 2.12 bits per heavy atom. The molecule has 5 nitrogen and oxygen atoms in total. The van der Waals surface area contributed by atoms with Crippen molar-refractivity contribution in [2.24, 2.45) is 0 Å². The third kappa shape index (κ3) is 1.55. The lowest BCUT2D eigenvalue weighted by atomic mass is 9.85. The summed E-state index contributed by atoms with van der Waals surface area (Å²) in [6.45, 7) is 7.69. The van der Waals surface area contributed by atoms with Crippen LogP contribution in [-0.4, -0.2) is 47.7 Å². The zero-order valence-electron chi connectivity index (χ0n) is 9.68. The lowest BCUT2D eigenvalue weighted by molar-refractivity contribution is -0.219. The monoisotopic (exact) mass is 306 g/mol. The Labute approximate surface area is 108 Å². The molecule has 3 aliphatic rings. The fourth-order valence-electron chi connectivity index (χ4n) is 2.67. The van der Waals surface area contributed by atoms with Gasteiger partial charge in [0.05, 0.1) is 6.61 Å². The van der Waals surface area contributed by atoms with E-state index in [9.17, 15) is 5.11 Å². The summed E-state index contributed by atoms with van der Waals surface area (Å²) in [5, 5.41) is 10.8. The van der Waals surface area contributed by atoms with Crippen LogP contribution in [0.15, 0.2) is 11.1 Å². The Bertz CT molecular complexity index is 371. The summed E-state index contributed by atoms with van der Waals surface area (Å²) in [6, 6.07) is 0. The van der Waals surface area contributed by atoms with Crippen molar-refractivity contribution in [2.45, 2.75) is 49.8 Å². The molecule has 0 aromatic rings. The standard InChI is InChI=1S/C11H15BrO5/c1-5(12)11(13)6-4-14-9(15-6)7-8(11)17-10(2,3)16-7/h6-9,13H,1,4H2,2-3H3/t6-,7+,8-,9-,11+/m1/s1. The first kappa shape index (κ1) is 12.1. The van der Waals surface area contributed by atoms with Gasteiger partial charge in [-0.1, -0.05) is 22.5 Å². The first-order valence-electron chi connectivity index (χ1n) is 5.54. The van der Waals surface area contributed by atoms with E-state index in [4.69, 9.17) is 18.9 Å². The molecule has 0 saturated carbocycles. The molecule has 96 valence electrons. The average Bonchev–Trinajstić information content (AvgIpc) is 2.77. The van der Waals surface area contributed by atoms with Crippen molar-refractivity contribution in [3.63, 3.8) is 0 Å². The van der Waals surface area contributed by atoms with E-state index in [1.165, 1.54) is 0 Å². The van der Waals surface area contributed by atoms with Gasteiger partial charge in [0, 0.05) is 4.48 Å². The van der Waals surface area contributed by atoms with E-state index in [0.717, 1.165) is 0 Å².